The molecular formula is C17H23N5O. The minimum absolute atomic E-state index is 0.0913. The average molecular weight is 313 g/mol. The van der Waals surface area contributed by atoms with E-state index in [0.29, 0.717) is 11.8 Å². The number of piperidine rings is 1. The number of carbonyl (C=O) groups is 1. The minimum atomic E-state index is 0.0913. The number of pyridine rings is 1. The van der Waals surface area contributed by atoms with Crippen LogP contribution in [0.2, 0.25) is 0 Å². The Morgan fingerprint density at radius 3 is 2.83 bits per heavy atom. The van der Waals surface area contributed by atoms with Gasteiger partial charge in [-0.15, -0.1) is 10.2 Å². The molecule has 6 heteroatoms. The average Bonchev–Trinajstić information content (AvgIpc) is 3.13. The Bertz CT molecular complexity index is 704. The predicted octanol–water partition coefficient (Wildman–Crippen LogP) is 2.27. The number of likely N-dealkylation sites (tertiary alicyclic amines) is 1. The first-order valence-electron chi connectivity index (χ1n) is 8.55. The molecule has 0 bridgehead atoms. The smallest absolute Gasteiger partial charge is 0.317 e. The zero-order valence-electron chi connectivity index (χ0n) is 13.5. The fraction of sp³-hybridized carbons (Fsp3) is 0.588. The number of aromatic nitrogens is 3. The topological polar surface area (TPSA) is 62.5 Å². The number of urea groups is 1. The van der Waals surface area contributed by atoms with Gasteiger partial charge >= 0.3 is 6.03 Å². The van der Waals surface area contributed by atoms with Crippen molar-refractivity contribution in [2.75, 3.05) is 19.6 Å². The summed E-state index contributed by atoms with van der Waals surface area (Å²) in [5.74, 6) is 2.87. The first kappa shape index (κ1) is 14.5. The maximum absolute atomic E-state index is 12.2. The van der Waals surface area contributed by atoms with Gasteiger partial charge < -0.3 is 10.2 Å². The molecule has 23 heavy (non-hydrogen) atoms. The minimum Gasteiger partial charge on any atom is -0.338 e. The van der Waals surface area contributed by atoms with Crippen molar-refractivity contribution in [2.45, 2.75) is 32.1 Å². The quantitative estimate of drug-likeness (QED) is 0.945. The number of fused-ring (bicyclic) bond motifs is 1. The molecule has 0 spiro atoms. The molecular weight excluding hydrogens is 290 g/mol. The first-order valence-corrected chi connectivity index (χ1v) is 8.55. The van der Waals surface area contributed by atoms with Crippen LogP contribution in [-0.2, 0) is 0 Å². The van der Waals surface area contributed by atoms with Gasteiger partial charge in [-0.25, -0.2) is 4.79 Å². The van der Waals surface area contributed by atoms with E-state index < -0.39 is 0 Å². The standard InChI is InChI=1S/C17H23N5O/c1-12-10-14(12)11-18-17(23)21-8-5-13(6-9-21)16-20-19-15-4-2-3-7-22(15)16/h2-4,7,12-14H,5-6,8-11H2,1H3,(H,18,23). The molecule has 2 aliphatic rings. The van der Waals surface area contributed by atoms with Crippen molar-refractivity contribution in [2.24, 2.45) is 11.8 Å². The van der Waals surface area contributed by atoms with Gasteiger partial charge in [-0.2, -0.15) is 0 Å². The van der Waals surface area contributed by atoms with Crippen LogP contribution in [0.1, 0.15) is 37.9 Å². The third kappa shape index (κ3) is 2.90. The molecule has 2 fully saturated rings. The van der Waals surface area contributed by atoms with Crippen LogP contribution in [-0.4, -0.2) is 45.2 Å². The lowest BCUT2D eigenvalue weighted by atomic mass is 9.96. The summed E-state index contributed by atoms with van der Waals surface area (Å²) >= 11 is 0. The second kappa shape index (κ2) is 5.83. The number of hydrogen-bond donors (Lipinski definition) is 1. The van der Waals surface area contributed by atoms with Crippen LogP contribution in [0.4, 0.5) is 4.79 Å². The highest BCUT2D eigenvalue weighted by atomic mass is 16.2. The lowest BCUT2D eigenvalue weighted by Crippen LogP contribution is -2.44. The Morgan fingerprint density at radius 1 is 1.30 bits per heavy atom. The zero-order valence-corrected chi connectivity index (χ0v) is 13.5. The summed E-state index contributed by atoms with van der Waals surface area (Å²) in [4.78, 5) is 14.2. The molecule has 0 aromatic carbocycles. The van der Waals surface area contributed by atoms with Crippen LogP contribution in [0.25, 0.3) is 5.65 Å². The van der Waals surface area contributed by atoms with Crippen molar-refractivity contribution in [3.8, 4) is 0 Å². The van der Waals surface area contributed by atoms with E-state index in [1.165, 1.54) is 6.42 Å². The summed E-state index contributed by atoms with van der Waals surface area (Å²) < 4.78 is 2.06. The summed E-state index contributed by atoms with van der Waals surface area (Å²) in [5, 5.41) is 11.7. The molecule has 122 valence electrons. The van der Waals surface area contributed by atoms with E-state index in [4.69, 9.17) is 0 Å². The fourth-order valence-electron chi connectivity index (χ4n) is 3.49. The van der Waals surface area contributed by atoms with Crippen molar-refractivity contribution in [3.05, 3.63) is 30.2 Å². The van der Waals surface area contributed by atoms with Gasteiger partial charge in [0.1, 0.15) is 5.82 Å². The van der Waals surface area contributed by atoms with Crippen LogP contribution in [0.5, 0.6) is 0 Å². The molecule has 1 aliphatic carbocycles. The van der Waals surface area contributed by atoms with Crippen LogP contribution >= 0.6 is 0 Å². The molecule has 2 aromatic rings. The molecule has 2 atom stereocenters. The van der Waals surface area contributed by atoms with E-state index in [-0.39, 0.29) is 6.03 Å². The normalized spacial score (nSPS) is 24.8. The fourth-order valence-corrected chi connectivity index (χ4v) is 3.49. The van der Waals surface area contributed by atoms with E-state index in [1.807, 2.05) is 29.3 Å². The van der Waals surface area contributed by atoms with Gasteiger partial charge in [0.15, 0.2) is 5.65 Å². The van der Waals surface area contributed by atoms with E-state index in [1.54, 1.807) is 0 Å². The van der Waals surface area contributed by atoms with Crippen LogP contribution in [0.3, 0.4) is 0 Å². The number of rotatable bonds is 3. The second-order valence-electron chi connectivity index (χ2n) is 6.91. The monoisotopic (exact) mass is 313 g/mol. The van der Waals surface area contributed by atoms with E-state index in [9.17, 15) is 4.79 Å². The zero-order chi connectivity index (χ0) is 15.8. The van der Waals surface area contributed by atoms with E-state index in [2.05, 4.69) is 26.8 Å². The number of carbonyl (C=O) groups excluding carboxylic acids is 1. The van der Waals surface area contributed by atoms with Crippen LogP contribution < -0.4 is 5.32 Å². The van der Waals surface area contributed by atoms with Gasteiger partial charge in [0.2, 0.25) is 0 Å². The molecule has 4 rings (SSSR count). The first-order chi connectivity index (χ1) is 11.2. The Labute approximate surface area is 135 Å². The number of nitrogens with zero attached hydrogens (tertiary/aromatic N) is 4. The van der Waals surface area contributed by atoms with Gasteiger partial charge in [0.05, 0.1) is 0 Å². The number of hydrogen-bond acceptors (Lipinski definition) is 3. The van der Waals surface area contributed by atoms with Gasteiger partial charge in [0, 0.05) is 31.7 Å². The Hall–Kier alpha value is -2.11. The molecule has 6 nitrogen and oxygen atoms in total. The second-order valence-corrected chi connectivity index (χ2v) is 6.91. The molecule has 3 heterocycles. The lowest BCUT2D eigenvalue weighted by molar-refractivity contribution is 0.179. The van der Waals surface area contributed by atoms with Gasteiger partial charge in [-0.05, 0) is 43.2 Å². The van der Waals surface area contributed by atoms with Gasteiger partial charge in [-0.3, -0.25) is 4.40 Å². The maximum Gasteiger partial charge on any atom is 0.317 e. The highest BCUT2D eigenvalue weighted by Gasteiger charge is 2.33. The number of nitrogens with one attached hydrogen (secondary N) is 1. The SMILES string of the molecule is CC1CC1CNC(=O)N1CCC(c2nnc3ccccn23)CC1. The molecule has 2 unspecified atom stereocenters. The molecule has 1 aliphatic heterocycles. The summed E-state index contributed by atoms with van der Waals surface area (Å²) in [7, 11) is 0. The predicted molar refractivity (Wildman–Crippen MR) is 87.2 cm³/mol. The third-order valence-corrected chi connectivity index (χ3v) is 5.28. The van der Waals surface area contributed by atoms with Crippen LogP contribution in [0.15, 0.2) is 24.4 Å². The third-order valence-electron chi connectivity index (χ3n) is 5.28. The number of amides is 2. The maximum atomic E-state index is 12.2. The molecule has 2 amide bonds. The molecule has 0 radical (unpaired) electrons. The van der Waals surface area contributed by atoms with Gasteiger partial charge in [0.25, 0.3) is 0 Å². The molecule has 2 aromatic heterocycles. The Balaban J connectivity index is 1.34. The van der Waals surface area contributed by atoms with Crippen molar-refractivity contribution < 1.29 is 4.79 Å². The van der Waals surface area contributed by atoms with Crippen molar-refractivity contribution in [3.63, 3.8) is 0 Å². The van der Waals surface area contributed by atoms with Crippen molar-refractivity contribution in [1.29, 1.82) is 0 Å². The lowest BCUT2D eigenvalue weighted by Gasteiger charge is -2.31. The van der Waals surface area contributed by atoms with E-state index >= 15 is 0 Å². The molecule has 1 saturated carbocycles. The Morgan fingerprint density at radius 2 is 2.09 bits per heavy atom. The summed E-state index contributed by atoms with van der Waals surface area (Å²) in [6, 6.07) is 6.04. The summed E-state index contributed by atoms with van der Waals surface area (Å²) in [5.41, 5.74) is 0.890. The Kier molecular flexibility index (Phi) is 3.67. The van der Waals surface area contributed by atoms with E-state index in [0.717, 1.165) is 49.9 Å². The summed E-state index contributed by atoms with van der Waals surface area (Å²) in [6.07, 6.45) is 5.16. The molecule has 1 saturated heterocycles. The summed E-state index contributed by atoms with van der Waals surface area (Å²) in [6.45, 7) is 4.65. The van der Waals surface area contributed by atoms with Crippen LogP contribution in [0, 0.1) is 11.8 Å². The van der Waals surface area contributed by atoms with Crippen molar-refractivity contribution >= 4 is 11.7 Å². The largest absolute Gasteiger partial charge is 0.338 e. The van der Waals surface area contributed by atoms with Crippen molar-refractivity contribution in [1.82, 2.24) is 24.8 Å². The van der Waals surface area contributed by atoms with Gasteiger partial charge in [-0.1, -0.05) is 13.0 Å². The molecule has 1 N–H and O–H groups in total. The highest BCUT2D eigenvalue weighted by Crippen LogP contribution is 2.36. The highest BCUT2D eigenvalue weighted by molar-refractivity contribution is 5.74.